The van der Waals surface area contributed by atoms with Crippen LogP contribution in [0.4, 0.5) is 5.69 Å². The molecule has 1 aromatic carbocycles. The lowest BCUT2D eigenvalue weighted by Crippen LogP contribution is -2.43. The molecule has 6 nitrogen and oxygen atoms in total. The summed E-state index contributed by atoms with van der Waals surface area (Å²) in [5, 5.41) is 10.8. The summed E-state index contributed by atoms with van der Waals surface area (Å²) in [7, 11) is 1.68. The maximum Gasteiger partial charge on any atom is 0.269 e. The summed E-state index contributed by atoms with van der Waals surface area (Å²) in [4.78, 5) is 27.5. The first-order chi connectivity index (χ1) is 8.42. The summed E-state index contributed by atoms with van der Waals surface area (Å²) in [6, 6.07) is 6.36. The molecule has 0 fully saturated rings. The molecule has 0 spiro atoms. The van der Waals surface area contributed by atoms with Crippen molar-refractivity contribution in [1.82, 2.24) is 4.90 Å². The minimum atomic E-state index is -0.630. The number of nitro groups is 1. The highest BCUT2D eigenvalue weighted by molar-refractivity contribution is 6.26. The summed E-state index contributed by atoms with van der Waals surface area (Å²) >= 11 is 0. The van der Waals surface area contributed by atoms with Crippen molar-refractivity contribution in [2.45, 2.75) is 12.5 Å². The minimum Gasteiger partial charge on any atom is -0.338 e. The molecule has 0 radical (unpaired) electrons. The number of non-ortho nitro benzene ring substituents is 1. The van der Waals surface area contributed by atoms with Gasteiger partial charge in [0.15, 0.2) is 0 Å². The van der Waals surface area contributed by atoms with Gasteiger partial charge in [-0.3, -0.25) is 19.9 Å². The minimum absolute atomic E-state index is 0.0310. The maximum absolute atomic E-state index is 11.4. The van der Waals surface area contributed by atoms with Crippen LogP contribution in [0.15, 0.2) is 29.3 Å². The maximum atomic E-state index is 11.4. The topological polar surface area (TPSA) is 75.8 Å². The lowest BCUT2D eigenvalue weighted by Gasteiger charge is -2.33. The van der Waals surface area contributed by atoms with E-state index in [1.165, 1.54) is 18.3 Å². The van der Waals surface area contributed by atoms with Gasteiger partial charge in [-0.15, -0.1) is 0 Å². The van der Waals surface area contributed by atoms with Crippen molar-refractivity contribution >= 4 is 17.8 Å². The molecule has 1 amide bonds. The van der Waals surface area contributed by atoms with Gasteiger partial charge in [-0.25, -0.2) is 0 Å². The van der Waals surface area contributed by atoms with Crippen LogP contribution in [0.1, 0.15) is 12.5 Å². The van der Waals surface area contributed by atoms with Crippen LogP contribution in [-0.2, 0) is 10.3 Å². The van der Waals surface area contributed by atoms with Crippen molar-refractivity contribution in [2.24, 2.45) is 4.99 Å². The highest BCUT2D eigenvalue weighted by Crippen LogP contribution is 2.30. The number of hydrogen-bond acceptors (Lipinski definition) is 4. The Balaban J connectivity index is 2.42. The molecule has 1 aliphatic heterocycles. The SMILES string of the molecule is CN1CC(C)(c2cccc([N+](=O)[O-])c2)N=CC1=O. The zero-order valence-corrected chi connectivity index (χ0v) is 10.2. The van der Waals surface area contributed by atoms with Gasteiger partial charge in [0.25, 0.3) is 11.6 Å². The second-order valence-electron chi connectivity index (χ2n) is 4.53. The average molecular weight is 247 g/mol. The molecule has 1 aromatic rings. The van der Waals surface area contributed by atoms with Crippen LogP contribution in [0, 0.1) is 10.1 Å². The predicted octanol–water partition coefficient (Wildman–Crippen LogP) is 1.35. The Hall–Kier alpha value is -2.24. The Bertz CT molecular complexity index is 541. The Morgan fingerprint density at radius 2 is 2.22 bits per heavy atom. The third-order valence-corrected chi connectivity index (χ3v) is 3.06. The van der Waals surface area contributed by atoms with Gasteiger partial charge in [0, 0.05) is 25.7 Å². The van der Waals surface area contributed by atoms with Crippen molar-refractivity contribution in [3.05, 3.63) is 39.9 Å². The smallest absolute Gasteiger partial charge is 0.269 e. The number of hydrogen-bond donors (Lipinski definition) is 0. The molecule has 1 atom stereocenters. The molecule has 1 aliphatic rings. The van der Waals surface area contributed by atoms with Gasteiger partial charge in [0.2, 0.25) is 0 Å². The molecule has 1 heterocycles. The number of carbonyl (C=O) groups excluding carboxylic acids is 1. The third-order valence-electron chi connectivity index (χ3n) is 3.06. The fourth-order valence-electron chi connectivity index (χ4n) is 2.00. The van der Waals surface area contributed by atoms with Crippen LogP contribution in [-0.4, -0.2) is 35.5 Å². The van der Waals surface area contributed by atoms with Crippen LogP contribution >= 0.6 is 0 Å². The number of rotatable bonds is 2. The number of benzene rings is 1. The van der Waals surface area contributed by atoms with Gasteiger partial charge in [-0.05, 0) is 12.5 Å². The van der Waals surface area contributed by atoms with E-state index in [2.05, 4.69) is 4.99 Å². The number of aliphatic imine (C=N–C) groups is 1. The molecule has 94 valence electrons. The van der Waals surface area contributed by atoms with E-state index in [1.54, 1.807) is 24.1 Å². The Labute approximate surface area is 104 Å². The van der Waals surface area contributed by atoms with Crippen LogP contribution in [0.2, 0.25) is 0 Å². The summed E-state index contributed by atoms with van der Waals surface area (Å²) in [6.45, 7) is 2.26. The molecule has 0 aliphatic carbocycles. The van der Waals surface area contributed by atoms with E-state index in [0.717, 1.165) is 5.56 Å². The normalized spacial score (nSPS) is 23.2. The lowest BCUT2D eigenvalue weighted by atomic mass is 9.90. The van der Waals surface area contributed by atoms with Gasteiger partial charge in [0.05, 0.1) is 11.1 Å². The molecule has 0 saturated heterocycles. The number of nitro benzene ring substituents is 1. The van der Waals surface area contributed by atoms with Crippen molar-refractivity contribution in [3.63, 3.8) is 0 Å². The second kappa shape index (κ2) is 4.21. The summed E-state index contributed by atoms with van der Waals surface area (Å²) in [6.07, 6.45) is 1.27. The van der Waals surface area contributed by atoms with E-state index in [1.807, 2.05) is 6.92 Å². The van der Waals surface area contributed by atoms with E-state index in [0.29, 0.717) is 6.54 Å². The molecular formula is C12H13N3O3. The summed E-state index contributed by atoms with van der Waals surface area (Å²) in [5.74, 6) is -0.155. The van der Waals surface area contributed by atoms with Crippen molar-refractivity contribution in [3.8, 4) is 0 Å². The molecule has 18 heavy (non-hydrogen) atoms. The Morgan fingerprint density at radius 1 is 1.50 bits per heavy atom. The molecule has 6 heteroatoms. The Kier molecular flexibility index (Phi) is 2.86. The molecular weight excluding hydrogens is 234 g/mol. The second-order valence-corrected chi connectivity index (χ2v) is 4.53. The van der Waals surface area contributed by atoms with Crippen LogP contribution in [0.25, 0.3) is 0 Å². The van der Waals surface area contributed by atoms with Gasteiger partial charge in [-0.2, -0.15) is 0 Å². The number of amides is 1. The predicted molar refractivity (Wildman–Crippen MR) is 66.6 cm³/mol. The largest absolute Gasteiger partial charge is 0.338 e. The first kappa shape index (κ1) is 12.2. The first-order valence-corrected chi connectivity index (χ1v) is 5.48. The van der Waals surface area contributed by atoms with Crippen LogP contribution in [0.3, 0.4) is 0 Å². The van der Waals surface area contributed by atoms with Gasteiger partial charge < -0.3 is 4.90 Å². The van der Waals surface area contributed by atoms with E-state index in [-0.39, 0.29) is 11.6 Å². The molecule has 2 rings (SSSR count). The lowest BCUT2D eigenvalue weighted by molar-refractivity contribution is -0.385. The third kappa shape index (κ3) is 2.09. The van der Waals surface area contributed by atoms with E-state index in [4.69, 9.17) is 0 Å². The number of carbonyl (C=O) groups is 1. The van der Waals surface area contributed by atoms with Crippen LogP contribution in [0.5, 0.6) is 0 Å². The van der Waals surface area contributed by atoms with E-state index in [9.17, 15) is 14.9 Å². The molecule has 0 N–H and O–H groups in total. The molecule has 0 bridgehead atoms. The number of nitrogens with zero attached hydrogens (tertiary/aromatic N) is 3. The van der Waals surface area contributed by atoms with Crippen LogP contribution < -0.4 is 0 Å². The monoisotopic (exact) mass is 247 g/mol. The quantitative estimate of drug-likeness (QED) is 0.584. The average Bonchev–Trinajstić information content (AvgIpc) is 2.34. The van der Waals surface area contributed by atoms with Crippen molar-refractivity contribution in [1.29, 1.82) is 0 Å². The van der Waals surface area contributed by atoms with E-state index >= 15 is 0 Å². The van der Waals surface area contributed by atoms with E-state index < -0.39 is 10.5 Å². The zero-order chi connectivity index (χ0) is 13.3. The molecule has 0 aromatic heterocycles. The first-order valence-electron chi connectivity index (χ1n) is 5.48. The standard InChI is InChI=1S/C12H13N3O3/c1-12(8-14(2)11(16)7-13-12)9-4-3-5-10(6-9)15(17)18/h3-7H,8H2,1-2H3. The zero-order valence-electron chi connectivity index (χ0n) is 10.2. The van der Waals surface area contributed by atoms with Crippen molar-refractivity contribution in [2.75, 3.05) is 13.6 Å². The highest BCUT2D eigenvalue weighted by Gasteiger charge is 2.32. The fourth-order valence-corrected chi connectivity index (χ4v) is 2.00. The van der Waals surface area contributed by atoms with Gasteiger partial charge in [0.1, 0.15) is 5.54 Å². The van der Waals surface area contributed by atoms with Gasteiger partial charge in [-0.1, -0.05) is 12.1 Å². The highest BCUT2D eigenvalue weighted by atomic mass is 16.6. The van der Waals surface area contributed by atoms with Crippen molar-refractivity contribution < 1.29 is 9.72 Å². The fraction of sp³-hybridized carbons (Fsp3) is 0.333. The Morgan fingerprint density at radius 3 is 2.83 bits per heavy atom. The molecule has 1 unspecified atom stereocenters. The number of likely N-dealkylation sites (N-methyl/N-ethyl adjacent to an activating group) is 1. The summed E-state index contributed by atoms with van der Waals surface area (Å²) in [5.41, 5.74) is 0.130. The summed E-state index contributed by atoms with van der Waals surface area (Å²) < 4.78 is 0. The molecule has 0 saturated carbocycles. The van der Waals surface area contributed by atoms with Gasteiger partial charge >= 0.3 is 0 Å².